The molecule has 0 aliphatic rings. The Morgan fingerprint density at radius 2 is 2.25 bits per heavy atom. The van der Waals surface area contributed by atoms with Crippen molar-refractivity contribution < 1.29 is 0 Å². The maximum absolute atomic E-state index is 3.36. The molecule has 0 aromatic carbocycles. The SMILES string of the molecule is CC#CC(=C(Br)Br)c1cccs1. The van der Waals surface area contributed by atoms with Gasteiger partial charge < -0.3 is 0 Å². The summed E-state index contributed by atoms with van der Waals surface area (Å²) in [6.45, 7) is 1.83. The summed E-state index contributed by atoms with van der Waals surface area (Å²) in [7, 11) is 0. The van der Waals surface area contributed by atoms with Crippen LogP contribution in [0.1, 0.15) is 11.8 Å². The molecule has 1 aromatic rings. The maximum atomic E-state index is 3.36. The molecule has 0 spiro atoms. The lowest BCUT2D eigenvalue weighted by atomic mass is 10.2. The molecule has 0 bridgehead atoms. The van der Waals surface area contributed by atoms with E-state index in [4.69, 9.17) is 0 Å². The molecule has 0 N–H and O–H groups in total. The van der Waals surface area contributed by atoms with Gasteiger partial charge in [0.2, 0.25) is 0 Å². The highest BCUT2D eigenvalue weighted by molar-refractivity contribution is 9.28. The van der Waals surface area contributed by atoms with E-state index in [0.29, 0.717) is 0 Å². The summed E-state index contributed by atoms with van der Waals surface area (Å²) in [6, 6.07) is 4.06. The van der Waals surface area contributed by atoms with Gasteiger partial charge in [0.15, 0.2) is 0 Å². The van der Waals surface area contributed by atoms with Crippen LogP contribution in [0.2, 0.25) is 0 Å². The molecular formula is C9H6Br2S. The highest BCUT2D eigenvalue weighted by Crippen LogP contribution is 2.29. The first kappa shape index (κ1) is 10.0. The van der Waals surface area contributed by atoms with Crippen molar-refractivity contribution in [2.75, 3.05) is 0 Å². The number of hydrogen-bond donors (Lipinski definition) is 0. The van der Waals surface area contributed by atoms with E-state index in [9.17, 15) is 0 Å². The normalized spacial score (nSPS) is 8.58. The minimum atomic E-state index is 0.909. The zero-order chi connectivity index (χ0) is 8.97. The fourth-order valence-corrected chi connectivity index (χ4v) is 2.37. The third kappa shape index (κ3) is 2.48. The number of thiophene rings is 1. The fourth-order valence-electron chi connectivity index (χ4n) is 0.748. The smallest absolute Gasteiger partial charge is 0.0774 e. The van der Waals surface area contributed by atoms with Crippen LogP contribution in [-0.4, -0.2) is 0 Å². The van der Waals surface area contributed by atoms with Crippen molar-refractivity contribution in [1.82, 2.24) is 0 Å². The zero-order valence-corrected chi connectivity index (χ0v) is 10.4. The largest absolute Gasteiger partial charge is 0.143 e. The monoisotopic (exact) mass is 304 g/mol. The Hall–Kier alpha value is -0.0400. The minimum absolute atomic E-state index is 0.909. The molecule has 1 aromatic heterocycles. The van der Waals surface area contributed by atoms with Gasteiger partial charge in [-0.05, 0) is 50.2 Å². The number of rotatable bonds is 1. The van der Waals surface area contributed by atoms with E-state index in [1.54, 1.807) is 11.3 Å². The molecule has 0 unspecified atom stereocenters. The van der Waals surface area contributed by atoms with Crippen LogP contribution in [0.5, 0.6) is 0 Å². The molecule has 3 heteroatoms. The Morgan fingerprint density at radius 1 is 1.50 bits per heavy atom. The Morgan fingerprint density at radius 3 is 2.67 bits per heavy atom. The first-order chi connectivity index (χ1) is 5.75. The van der Waals surface area contributed by atoms with Gasteiger partial charge in [-0.15, -0.1) is 17.3 Å². The Bertz CT molecular complexity index is 334. The van der Waals surface area contributed by atoms with E-state index in [2.05, 4.69) is 43.7 Å². The summed E-state index contributed by atoms with van der Waals surface area (Å²) in [5.41, 5.74) is 1.01. The first-order valence-corrected chi connectivity index (χ1v) is 5.74. The quantitative estimate of drug-likeness (QED) is 0.681. The van der Waals surface area contributed by atoms with Crippen LogP contribution in [0.25, 0.3) is 5.57 Å². The number of hydrogen-bond acceptors (Lipinski definition) is 1. The molecule has 0 aliphatic carbocycles. The van der Waals surface area contributed by atoms with E-state index in [1.165, 1.54) is 4.88 Å². The summed E-state index contributed by atoms with van der Waals surface area (Å²) in [6.07, 6.45) is 0. The summed E-state index contributed by atoms with van der Waals surface area (Å²) >= 11 is 8.41. The van der Waals surface area contributed by atoms with E-state index in [-0.39, 0.29) is 0 Å². The maximum Gasteiger partial charge on any atom is 0.0774 e. The van der Waals surface area contributed by atoms with E-state index >= 15 is 0 Å². The van der Waals surface area contributed by atoms with Gasteiger partial charge in [-0.25, -0.2) is 0 Å². The second-order valence-electron chi connectivity index (χ2n) is 1.99. The molecule has 12 heavy (non-hydrogen) atoms. The molecular weight excluding hydrogens is 300 g/mol. The van der Waals surface area contributed by atoms with Crippen molar-refractivity contribution in [3.63, 3.8) is 0 Å². The highest BCUT2D eigenvalue weighted by Gasteiger charge is 2.02. The molecule has 1 rings (SSSR count). The van der Waals surface area contributed by atoms with Crippen LogP contribution < -0.4 is 0 Å². The van der Waals surface area contributed by atoms with Gasteiger partial charge in [0.1, 0.15) is 0 Å². The predicted octanol–water partition coefficient (Wildman–Crippen LogP) is 4.23. The molecule has 0 saturated heterocycles. The third-order valence-corrected chi connectivity index (χ3v) is 2.89. The summed E-state index contributed by atoms with van der Waals surface area (Å²) < 4.78 is 0.909. The van der Waals surface area contributed by atoms with Crippen LogP contribution in [-0.2, 0) is 0 Å². The van der Waals surface area contributed by atoms with E-state index < -0.39 is 0 Å². The third-order valence-electron chi connectivity index (χ3n) is 1.21. The predicted molar refractivity (Wildman–Crippen MR) is 62.5 cm³/mol. The topological polar surface area (TPSA) is 0 Å². The van der Waals surface area contributed by atoms with Crippen molar-refractivity contribution in [3.05, 3.63) is 25.8 Å². The van der Waals surface area contributed by atoms with Crippen molar-refractivity contribution >= 4 is 48.8 Å². The molecule has 62 valence electrons. The molecule has 0 atom stereocenters. The average molecular weight is 306 g/mol. The molecule has 0 amide bonds. The second-order valence-corrected chi connectivity index (χ2v) is 5.59. The standard InChI is InChI=1S/C9H6Br2S/c1-2-4-7(9(10)11)8-5-3-6-12-8/h3,5-6H,1H3. The van der Waals surface area contributed by atoms with Gasteiger partial charge >= 0.3 is 0 Å². The van der Waals surface area contributed by atoms with Gasteiger partial charge in [-0.1, -0.05) is 12.0 Å². The summed E-state index contributed by atoms with van der Waals surface area (Å²) in [5.74, 6) is 5.91. The zero-order valence-electron chi connectivity index (χ0n) is 6.40. The lowest BCUT2D eigenvalue weighted by Crippen LogP contribution is -1.74. The van der Waals surface area contributed by atoms with Gasteiger partial charge in [-0.3, -0.25) is 0 Å². The lowest BCUT2D eigenvalue weighted by molar-refractivity contribution is 1.87. The molecule has 0 nitrogen and oxygen atoms in total. The van der Waals surface area contributed by atoms with Crippen molar-refractivity contribution in [2.24, 2.45) is 0 Å². The van der Waals surface area contributed by atoms with Gasteiger partial charge in [0.25, 0.3) is 0 Å². The summed E-state index contributed by atoms with van der Waals surface area (Å²) in [4.78, 5) is 1.17. The van der Waals surface area contributed by atoms with Crippen molar-refractivity contribution in [3.8, 4) is 11.8 Å². The Labute approximate surface area is 92.9 Å². The Balaban J connectivity index is 3.12. The van der Waals surface area contributed by atoms with Crippen LogP contribution in [0.15, 0.2) is 20.9 Å². The fraction of sp³-hybridized carbons (Fsp3) is 0.111. The summed E-state index contributed by atoms with van der Waals surface area (Å²) in [5, 5.41) is 2.04. The van der Waals surface area contributed by atoms with Crippen LogP contribution in [0.4, 0.5) is 0 Å². The van der Waals surface area contributed by atoms with Crippen molar-refractivity contribution in [2.45, 2.75) is 6.92 Å². The van der Waals surface area contributed by atoms with Gasteiger partial charge in [0.05, 0.1) is 8.96 Å². The van der Waals surface area contributed by atoms with E-state index in [1.807, 2.05) is 24.4 Å². The molecule has 1 heterocycles. The molecule has 0 aliphatic heterocycles. The van der Waals surface area contributed by atoms with Crippen LogP contribution in [0.3, 0.4) is 0 Å². The first-order valence-electron chi connectivity index (χ1n) is 3.27. The second kappa shape index (κ2) is 4.86. The Kier molecular flexibility index (Phi) is 4.07. The molecule has 0 radical (unpaired) electrons. The molecule has 0 fully saturated rings. The van der Waals surface area contributed by atoms with Gasteiger partial charge in [0, 0.05) is 4.88 Å². The van der Waals surface area contributed by atoms with Gasteiger partial charge in [-0.2, -0.15) is 0 Å². The molecule has 0 saturated carbocycles. The number of allylic oxidation sites excluding steroid dienone is 1. The van der Waals surface area contributed by atoms with Crippen LogP contribution in [0, 0.1) is 11.8 Å². The van der Waals surface area contributed by atoms with E-state index in [0.717, 1.165) is 8.96 Å². The minimum Gasteiger partial charge on any atom is -0.143 e. The highest BCUT2D eigenvalue weighted by atomic mass is 79.9. The van der Waals surface area contributed by atoms with Crippen molar-refractivity contribution in [1.29, 1.82) is 0 Å². The lowest BCUT2D eigenvalue weighted by Gasteiger charge is -1.94. The van der Waals surface area contributed by atoms with Crippen LogP contribution >= 0.6 is 43.2 Å². The number of halogens is 2. The average Bonchev–Trinajstić information content (AvgIpc) is 2.51.